The molecule has 0 aliphatic heterocycles. The minimum absolute atomic E-state index is 0.189. The van der Waals surface area contributed by atoms with E-state index < -0.39 is 5.25 Å². The number of thioether (sulfide) groups is 1. The molecule has 0 spiro atoms. The Morgan fingerprint density at radius 3 is 2.52 bits per heavy atom. The minimum Gasteiger partial charge on any atom is -0.325 e. The molecule has 1 atom stereocenters. The van der Waals surface area contributed by atoms with Crippen molar-refractivity contribution in [2.45, 2.75) is 10.4 Å². The molecule has 2 aromatic heterocycles. The van der Waals surface area contributed by atoms with E-state index in [1.54, 1.807) is 18.3 Å². The second kappa shape index (κ2) is 7.63. The third-order valence-electron chi connectivity index (χ3n) is 4.08. The highest BCUT2D eigenvalue weighted by molar-refractivity contribution is 8.00. The number of carbonyl (C=O) groups excluding carboxylic acids is 1. The van der Waals surface area contributed by atoms with Crippen LogP contribution in [0.1, 0.15) is 10.8 Å². The van der Waals surface area contributed by atoms with Crippen molar-refractivity contribution < 1.29 is 9.18 Å². The minimum atomic E-state index is -0.498. The van der Waals surface area contributed by atoms with Gasteiger partial charge in [-0.25, -0.2) is 9.37 Å². The van der Waals surface area contributed by atoms with Gasteiger partial charge >= 0.3 is 0 Å². The predicted octanol–water partition coefficient (Wildman–Crippen LogP) is 4.95. The molecule has 1 N–H and O–H groups in total. The van der Waals surface area contributed by atoms with E-state index in [0.29, 0.717) is 5.69 Å². The maximum atomic E-state index is 13.1. The molecule has 0 aliphatic rings. The molecule has 4 aromatic rings. The van der Waals surface area contributed by atoms with E-state index in [1.807, 2.05) is 59.1 Å². The summed E-state index contributed by atoms with van der Waals surface area (Å²) in [5.41, 5.74) is 2.39. The molecule has 2 aromatic carbocycles. The molecule has 0 radical (unpaired) electrons. The van der Waals surface area contributed by atoms with Crippen LogP contribution in [0.2, 0.25) is 0 Å². The number of nitrogens with one attached hydrogen (secondary N) is 1. The summed E-state index contributed by atoms with van der Waals surface area (Å²) in [5, 5.41) is 3.10. The molecule has 0 bridgehead atoms. The molecule has 0 saturated carbocycles. The van der Waals surface area contributed by atoms with Crippen LogP contribution in [0.15, 0.2) is 90.3 Å². The molecule has 0 aliphatic carbocycles. The molecule has 4 rings (SSSR count). The Kier molecular flexibility index (Phi) is 4.89. The van der Waals surface area contributed by atoms with Gasteiger partial charge in [-0.2, -0.15) is 0 Å². The number of aromatic nitrogens is 2. The van der Waals surface area contributed by atoms with Gasteiger partial charge in [-0.1, -0.05) is 48.2 Å². The van der Waals surface area contributed by atoms with Gasteiger partial charge in [0.1, 0.15) is 11.1 Å². The Bertz CT molecular complexity index is 1060. The number of imidazole rings is 1. The first kappa shape index (κ1) is 17.3. The van der Waals surface area contributed by atoms with E-state index in [-0.39, 0.29) is 11.7 Å². The molecule has 1 unspecified atom stereocenters. The first-order valence-corrected chi connectivity index (χ1v) is 9.29. The van der Waals surface area contributed by atoms with Crippen molar-refractivity contribution in [2.24, 2.45) is 0 Å². The number of fused-ring (bicyclic) bond motifs is 1. The van der Waals surface area contributed by atoms with Crippen molar-refractivity contribution in [1.82, 2.24) is 9.38 Å². The second-order valence-electron chi connectivity index (χ2n) is 5.94. The lowest BCUT2D eigenvalue weighted by molar-refractivity contribution is -0.115. The lowest BCUT2D eigenvalue weighted by Gasteiger charge is -2.16. The molecule has 0 saturated heterocycles. The van der Waals surface area contributed by atoms with Gasteiger partial charge in [-0.05, 0) is 42.0 Å². The van der Waals surface area contributed by atoms with Gasteiger partial charge in [0.05, 0.1) is 11.7 Å². The number of hydrogen-bond donors (Lipinski definition) is 1. The summed E-state index contributed by atoms with van der Waals surface area (Å²) in [4.78, 5) is 17.5. The highest BCUT2D eigenvalue weighted by Gasteiger charge is 2.24. The van der Waals surface area contributed by atoms with E-state index in [9.17, 15) is 9.18 Å². The van der Waals surface area contributed by atoms with Crippen molar-refractivity contribution in [1.29, 1.82) is 0 Å². The summed E-state index contributed by atoms with van der Waals surface area (Å²) in [5.74, 6) is -0.531. The number of rotatable bonds is 5. The Morgan fingerprint density at radius 2 is 1.74 bits per heavy atom. The number of nitrogens with zero attached hydrogens (tertiary/aromatic N) is 2. The lowest BCUT2D eigenvalue weighted by atomic mass is 10.1. The summed E-state index contributed by atoms with van der Waals surface area (Å²) < 4.78 is 15.1. The first-order valence-electron chi connectivity index (χ1n) is 8.41. The number of amides is 1. The van der Waals surface area contributed by atoms with E-state index in [2.05, 4.69) is 10.3 Å². The van der Waals surface area contributed by atoms with E-state index in [0.717, 1.165) is 16.2 Å². The zero-order chi connectivity index (χ0) is 18.6. The second-order valence-corrected chi connectivity index (χ2v) is 7.01. The van der Waals surface area contributed by atoms with Gasteiger partial charge < -0.3 is 5.32 Å². The molecule has 1 amide bonds. The van der Waals surface area contributed by atoms with Crippen LogP contribution >= 0.6 is 11.8 Å². The topological polar surface area (TPSA) is 46.4 Å². The Hall–Kier alpha value is -3.12. The van der Waals surface area contributed by atoms with Gasteiger partial charge in [0.25, 0.3) is 0 Å². The molecular weight excluding hydrogens is 361 g/mol. The smallest absolute Gasteiger partial charge is 0.242 e. The molecular formula is C21H16FN3OS. The van der Waals surface area contributed by atoms with Gasteiger partial charge in [0.15, 0.2) is 5.16 Å². The Morgan fingerprint density at radius 1 is 1.00 bits per heavy atom. The Balaban J connectivity index is 1.64. The fourth-order valence-electron chi connectivity index (χ4n) is 2.75. The van der Waals surface area contributed by atoms with Crippen molar-refractivity contribution in [2.75, 3.05) is 5.32 Å². The summed E-state index contributed by atoms with van der Waals surface area (Å²) in [7, 11) is 0. The highest BCUT2D eigenvalue weighted by Crippen LogP contribution is 2.35. The monoisotopic (exact) mass is 377 g/mol. The zero-order valence-corrected chi connectivity index (χ0v) is 15.1. The third-order valence-corrected chi connectivity index (χ3v) is 5.32. The third kappa shape index (κ3) is 3.85. The van der Waals surface area contributed by atoms with Gasteiger partial charge in [0, 0.05) is 11.9 Å². The van der Waals surface area contributed by atoms with Crippen LogP contribution in [0.25, 0.3) is 5.52 Å². The van der Waals surface area contributed by atoms with Gasteiger partial charge in [0.2, 0.25) is 5.91 Å². The van der Waals surface area contributed by atoms with Crippen molar-refractivity contribution in [3.05, 3.63) is 96.6 Å². The van der Waals surface area contributed by atoms with Crippen molar-refractivity contribution >= 4 is 28.9 Å². The van der Waals surface area contributed by atoms with E-state index in [4.69, 9.17) is 0 Å². The summed E-state index contributed by atoms with van der Waals surface area (Å²) in [6.45, 7) is 0. The molecule has 2 heterocycles. The summed E-state index contributed by atoms with van der Waals surface area (Å²) in [6.07, 6.45) is 3.70. The van der Waals surface area contributed by atoms with E-state index >= 15 is 0 Å². The van der Waals surface area contributed by atoms with Crippen LogP contribution in [0.4, 0.5) is 10.1 Å². The summed E-state index contributed by atoms with van der Waals surface area (Å²) >= 11 is 1.37. The van der Waals surface area contributed by atoms with Crippen molar-refractivity contribution in [3.63, 3.8) is 0 Å². The highest BCUT2D eigenvalue weighted by atomic mass is 32.2. The number of halogens is 1. The SMILES string of the molecule is O=C(Nc1ccc(F)cc1)C(Sc1ncc2ccccn12)c1ccccc1. The average molecular weight is 377 g/mol. The molecule has 134 valence electrons. The van der Waals surface area contributed by atoms with Crippen LogP contribution in [0, 0.1) is 5.82 Å². The molecule has 27 heavy (non-hydrogen) atoms. The first-order chi connectivity index (χ1) is 13.2. The predicted molar refractivity (Wildman–Crippen MR) is 105 cm³/mol. The molecule has 4 nitrogen and oxygen atoms in total. The number of benzene rings is 2. The number of hydrogen-bond acceptors (Lipinski definition) is 3. The maximum Gasteiger partial charge on any atom is 0.242 e. The van der Waals surface area contributed by atoms with Crippen LogP contribution < -0.4 is 5.32 Å². The normalized spacial score (nSPS) is 12.0. The fourth-order valence-corrected chi connectivity index (χ4v) is 3.82. The lowest BCUT2D eigenvalue weighted by Crippen LogP contribution is -2.19. The largest absolute Gasteiger partial charge is 0.325 e. The Labute approximate surface area is 160 Å². The average Bonchev–Trinajstić information content (AvgIpc) is 3.11. The quantitative estimate of drug-likeness (QED) is 0.501. The maximum absolute atomic E-state index is 13.1. The van der Waals surface area contributed by atoms with Crippen molar-refractivity contribution in [3.8, 4) is 0 Å². The standard InChI is InChI=1S/C21H16FN3OS/c22-16-9-11-17(12-10-16)24-20(26)19(15-6-2-1-3-7-15)27-21-23-14-18-8-4-5-13-25(18)21/h1-14,19H,(H,24,26). The van der Waals surface area contributed by atoms with Gasteiger partial charge in [-0.3, -0.25) is 9.20 Å². The van der Waals surface area contributed by atoms with Crippen LogP contribution in [-0.2, 0) is 4.79 Å². The molecule has 0 fully saturated rings. The fraction of sp³-hybridized carbons (Fsp3) is 0.0476. The number of anilines is 1. The zero-order valence-electron chi connectivity index (χ0n) is 14.2. The van der Waals surface area contributed by atoms with Crippen LogP contribution in [0.3, 0.4) is 0 Å². The van der Waals surface area contributed by atoms with E-state index in [1.165, 1.54) is 23.9 Å². The van der Waals surface area contributed by atoms with Crippen LogP contribution in [0.5, 0.6) is 0 Å². The van der Waals surface area contributed by atoms with Gasteiger partial charge in [-0.15, -0.1) is 0 Å². The van der Waals surface area contributed by atoms with Crippen LogP contribution in [-0.4, -0.2) is 15.3 Å². The number of carbonyl (C=O) groups is 1. The number of pyridine rings is 1. The summed E-state index contributed by atoms with van der Waals surface area (Å²) in [6, 6.07) is 21.1. The molecule has 6 heteroatoms.